The highest BCUT2D eigenvalue weighted by atomic mass is 16.5. The summed E-state index contributed by atoms with van der Waals surface area (Å²) >= 11 is 0. The Hall–Kier alpha value is -2.15. The van der Waals surface area contributed by atoms with Crippen LogP contribution in [-0.4, -0.2) is 48.4 Å². The van der Waals surface area contributed by atoms with Crippen LogP contribution < -0.4 is 9.80 Å². The van der Waals surface area contributed by atoms with Gasteiger partial charge in [-0.3, -0.25) is 5.10 Å². The number of ether oxygens (including phenoxy) is 1. The predicted octanol–water partition coefficient (Wildman–Crippen LogP) is 1.05. The Morgan fingerprint density at radius 1 is 1.15 bits per heavy atom. The second kappa shape index (κ2) is 6.33. The Bertz CT molecular complexity index is 553. The van der Waals surface area contributed by atoms with E-state index in [2.05, 4.69) is 20.2 Å². The molecule has 0 radical (unpaired) electrons. The minimum atomic E-state index is 0.512. The SMILES string of the molecule is COCc1cc(CN(C)c2cc(N(C)C)ncn2)[nH]n1. The summed E-state index contributed by atoms with van der Waals surface area (Å²) in [6, 6.07) is 3.94. The molecule has 0 aliphatic carbocycles. The van der Waals surface area contributed by atoms with Crippen molar-refractivity contribution in [2.24, 2.45) is 0 Å². The molecular weight excluding hydrogens is 256 g/mol. The molecule has 7 nitrogen and oxygen atoms in total. The van der Waals surface area contributed by atoms with E-state index >= 15 is 0 Å². The maximum Gasteiger partial charge on any atom is 0.134 e. The molecule has 0 aromatic carbocycles. The fourth-order valence-electron chi connectivity index (χ4n) is 1.84. The van der Waals surface area contributed by atoms with E-state index in [0.29, 0.717) is 13.2 Å². The third kappa shape index (κ3) is 3.45. The highest BCUT2D eigenvalue weighted by Gasteiger charge is 2.08. The van der Waals surface area contributed by atoms with E-state index in [0.717, 1.165) is 23.0 Å². The summed E-state index contributed by atoms with van der Waals surface area (Å²) in [6.45, 7) is 1.21. The predicted molar refractivity (Wildman–Crippen MR) is 77.8 cm³/mol. The maximum absolute atomic E-state index is 5.05. The van der Waals surface area contributed by atoms with Gasteiger partial charge in [-0.05, 0) is 6.07 Å². The average Bonchev–Trinajstić information content (AvgIpc) is 2.86. The van der Waals surface area contributed by atoms with E-state index in [9.17, 15) is 0 Å². The molecular formula is C13H20N6O. The van der Waals surface area contributed by atoms with Crippen LogP contribution in [0.4, 0.5) is 11.6 Å². The second-order valence-electron chi connectivity index (χ2n) is 4.80. The second-order valence-corrected chi connectivity index (χ2v) is 4.80. The minimum absolute atomic E-state index is 0.512. The summed E-state index contributed by atoms with van der Waals surface area (Å²) in [7, 11) is 7.55. The number of aromatic nitrogens is 4. The molecule has 20 heavy (non-hydrogen) atoms. The Labute approximate surface area is 118 Å². The van der Waals surface area contributed by atoms with E-state index in [1.165, 1.54) is 0 Å². The molecule has 0 saturated carbocycles. The number of hydrogen-bond acceptors (Lipinski definition) is 6. The van der Waals surface area contributed by atoms with Crippen LogP contribution in [0.3, 0.4) is 0 Å². The Kier molecular flexibility index (Phi) is 4.52. The molecule has 0 saturated heterocycles. The first-order valence-corrected chi connectivity index (χ1v) is 6.32. The normalized spacial score (nSPS) is 10.6. The summed E-state index contributed by atoms with van der Waals surface area (Å²) in [5, 5.41) is 7.18. The first-order valence-electron chi connectivity index (χ1n) is 6.32. The van der Waals surface area contributed by atoms with Crippen LogP contribution in [0.5, 0.6) is 0 Å². The van der Waals surface area contributed by atoms with E-state index in [1.54, 1.807) is 13.4 Å². The lowest BCUT2D eigenvalue weighted by molar-refractivity contribution is 0.181. The Morgan fingerprint density at radius 3 is 2.60 bits per heavy atom. The number of rotatable bonds is 6. The average molecular weight is 276 g/mol. The van der Waals surface area contributed by atoms with Gasteiger partial charge in [0, 0.05) is 34.3 Å². The molecule has 0 aliphatic rings. The van der Waals surface area contributed by atoms with Gasteiger partial charge in [0.2, 0.25) is 0 Å². The summed E-state index contributed by atoms with van der Waals surface area (Å²) in [4.78, 5) is 12.5. The van der Waals surface area contributed by atoms with Crippen LogP contribution in [0.2, 0.25) is 0 Å². The van der Waals surface area contributed by atoms with Crippen LogP contribution in [0, 0.1) is 0 Å². The molecule has 2 rings (SSSR count). The molecule has 0 atom stereocenters. The van der Waals surface area contributed by atoms with E-state index in [4.69, 9.17) is 4.74 Å². The first kappa shape index (κ1) is 14.3. The summed E-state index contributed by atoms with van der Waals surface area (Å²) in [6.07, 6.45) is 1.57. The molecule has 0 bridgehead atoms. The minimum Gasteiger partial charge on any atom is -0.378 e. The molecule has 0 fully saturated rings. The molecule has 7 heteroatoms. The van der Waals surface area contributed by atoms with Crippen molar-refractivity contribution >= 4 is 11.6 Å². The van der Waals surface area contributed by atoms with Gasteiger partial charge < -0.3 is 14.5 Å². The lowest BCUT2D eigenvalue weighted by Crippen LogP contribution is -2.19. The molecule has 2 aromatic rings. The molecule has 2 heterocycles. The highest BCUT2D eigenvalue weighted by molar-refractivity contribution is 5.48. The van der Waals surface area contributed by atoms with Gasteiger partial charge in [-0.15, -0.1) is 0 Å². The maximum atomic E-state index is 5.05. The molecule has 0 unspecified atom stereocenters. The third-order valence-electron chi connectivity index (χ3n) is 2.87. The topological polar surface area (TPSA) is 70.2 Å². The Balaban J connectivity index is 2.06. The standard InChI is InChI=1S/C13H20N6O/c1-18(2)12-6-13(15-9-14-12)19(3)7-10-5-11(8-20-4)17-16-10/h5-6,9H,7-8H2,1-4H3,(H,16,17). The molecule has 0 amide bonds. The summed E-state index contributed by atoms with van der Waals surface area (Å²) < 4.78 is 5.05. The van der Waals surface area contributed by atoms with Crippen LogP contribution in [0.1, 0.15) is 11.4 Å². The van der Waals surface area contributed by atoms with Crippen molar-refractivity contribution in [1.82, 2.24) is 20.2 Å². The number of anilines is 2. The lowest BCUT2D eigenvalue weighted by Gasteiger charge is -2.19. The van der Waals surface area contributed by atoms with Crippen molar-refractivity contribution in [2.75, 3.05) is 38.1 Å². The zero-order valence-corrected chi connectivity index (χ0v) is 12.3. The quantitative estimate of drug-likeness (QED) is 0.850. The lowest BCUT2D eigenvalue weighted by atomic mass is 10.3. The number of aromatic amines is 1. The van der Waals surface area contributed by atoms with Gasteiger partial charge in [0.05, 0.1) is 24.5 Å². The number of nitrogens with one attached hydrogen (secondary N) is 1. The van der Waals surface area contributed by atoms with Gasteiger partial charge in [0.25, 0.3) is 0 Å². The van der Waals surface area contributed by atoms with E-state index in [-0.39, 0.29) is 0 Å². The van der Waals surface area contributed by atoms with Crippen LogP contribution in [-0.2, 0) is 17.9 Å². The van der Waals surface area contributed by atoms with Gasteiger partial charge in [-0.25, -0.2) is 9.97 Å². The first-order chi connectivity index (χ1) is 9.60. The van der Waals surface area contributed by atoms with Crippen molar-refractivity contribution in [3.63, 3.8) is 0 Å². The van der Waals surface area contributed by atoms with Gasteiger partial charge >= 0.3 is 0 Å². The smallest absolute Gasteiger partial charge is 0.134 e. The Morgan fingerprint density at radius 2 is 1.90 bits per heavy atom. The summed E-state index contributed by atoms with van der Waals surface area (Å²) in [5.41, 5.74) is 1.91. The molecule has 1 N–H and O–H groups in total. The van der Waals surface area contributed by atoms with E-state index < -0.39 is 0 Å². The van der Waals surface area contributed by atoms with Crippen molar-refractivity contribution in [3.05, 3.63) is 29.8 Å². The molecule has 0 spiro atoms. The zero-order chi connectivity index (χ0) is 14.5. The van der Waals surface area contributed by atoms with Crippen molar-refractivity contribution in [1.29, 1.82) is 0 Å². The molecule has 0 aliphatic heterocycles. The number of nitrogens with zero attached hydrogens (tertiary/aromatic N) is 5. The van der Waals surface area contributed by atoms with Crippen LogP contribution in [0.15, 0.2) is 18.5 Å². The van der Waals surface area contributed by atoms with E-state index in [1.807, 2.05) is 43.1 Å². The van der Waals surface area contributed by atoms with Gasteiger partial charge in [0.15, 0.2) is 0 Å². The highest BCUT2D eigenvalue weighted by Crippen LogP contribution is 2.16. The molecule has 2 aromatic heterocycles. The fourth-order valence-corrected chi connectivity index (χ4v) is 1.84. The van der Waals surface area contributed by atoms with Gasteiger partial charge in [-0.2, -0.15) is 5.10 Å². The number of hydrogen-bond donors (Lipinski definition) is 1. The van der Waals surface area contributed by atoms with Crippen molar-refractivity contribution in [3.8, 4) is 0 Å². The van der Waals surface area contributed by atoms with Crippen molar-refractivity contribution in [2.45, 2.75) is 13.2 Å². The largest absolute Gasteiger partial charge is 0.378 e. The monoisotopic (exact) mass is 276 g/mol. The molecule has 108 valence electrons. The summed E-state index contributed by atoms with van der Waals surface area (Å²) in [5.74, 6) is 1.75. The van der Waals surface area contributed by atoms with Crippen LogP contribution >= 0.6 is 0 Å². The number of methoxy groups -OCH3 is 1. The zero-order valence-electron chi connectivity index (χ0n) is 12.3. The van der Waals surface area contributed by atoms with Gasteiger partial charge in [-0.1, -0.05) is 0 Å². The van der Waals surface area contributed by atoms with Crippen LogP contribution in [0.25, 0.3) is 0 Å². The van der Waals surface area contributed by atoms with Crippen molar-refractivity contribution < 1.29 is 4.74 Å². The fraction of sp³-hybridized carbons (Fsp3) is 0.462. The number of H-pyrrole nitrogens is 1. The third-order valence-corrected chi connectivity index (χ3v) is 2.87. The van der Waals surface area contributed by atoms with Gasteiger partial charge in [0.1, 0.15) is 18.0 Å².